The van der Waals surface area contributed by atoms with Gasteiger partial charge in [-0.3, -0.25) is 0 Å². The van der Waals surface area contributed by atoms with Crippen LogP contribution in [-0.4, -0.2) is 17.0 Å². The molecule has 1 aromatic heterocycles. The van der Waals surface area contributed by atoms with Gasteiger partial charge in [0.15, 0.2) is 5.95 Å². The first-order valence-electron chi connectivity index (χ1n) is 5.05. The summed E-state index contributed by atoms with van der Waals surface area (Å²) in [7, 11) is 1.86. The third-order valence-corrected chi connectivity index (χ3v) is 2.34. The Morgan fingerprint density at radius 2 is 2.27 bits per heavy atom. The number of aromatic nitrogens is 2. The fourth-order valence-corrected chi connectivity index (χ4v) is 1.62. The highest BCUT2D eigenvalue weighted by atomic mass is 15.1. The maximum absolute atomic E-state index is 4.19. The van der Waals surface area contributed by atoms with E-state index in [2.05, 4.69) is 46.5 Å². The Balaban J connectivity index is 2.14. The molecule has 1 heterocycles. The lowest BCUT2D eigenvalue weighted by molar-refractivity contribution is 1.10. The first-order valence-corrected chi connectivity index (χ1v) is 5.05. The van der Waals surface area contributed by atoms with Crippen LogP contribution < -0.4 is 5.32 Å². The number of hydrogen-bond donors (Lipinski definition) is 2. The third-order valence-electron chi connectivity index (χ3n) is 2.34. The van der Waals surface area contributed by atoms with Gasteiger partial charge >= 0.3 is 0 Å². The Morgan fingerprint density at radius 3 is 2.93 bits per heavy atom. The van der Waals surface area contributed by atoms with Crippen molar-refractivity contribution in [3.63, 3.8) is 0 Å². The number of benzene rings is 1. The summed E-state index contributed by atoms with van der Waals surface area (Å²) in [5, 5.41) is 2.98. The zero-order chi connectivity index (χ0) is 10.7. The van der Waals surface area contributed by atoms with E-state index in [1.54, 1.807) is 0 Å². The maximum atomic E-state index is 4.19. The van der Waals surface area contributed by atoms with E-state index >= 15 is 0 Å². The van der Waals surface area contributed by atoms with Gasteiger partial charge in [0.25, 0.3) is 0 Å². The van der Waals surface area contributed by atoms with Crippen molar-refractivity contribution in [3.05, 3.63) is 47.3 Å². The van der Waals surface area contributed by atoms with Crippen molar-refractivity contribution in [2.45, 2.75) is 13.3 Å². The van der Waals surface area contributed by atoms with Crippen LogP contribution in [0.5, 0.6) is 0 Å². The van der Waals surface area contributed by atoms with Crippen LogP contribution in [0.4, 0.5) is 5.95 Å². The number of imidazole rings is 1. The van der Waals surface area contributed by atoms with Gasteiger partial charge in [-0.25, -0.2) is 4.98 Å². The molecule has 2 aromatic rings. The molecule has 3 heteroatoms. The molecule has 3 nitrogen and oxygen atoms in total. The number of aryl methyl sites for hydroxylation is 1. The topological polar surface area (TPSA) is 40.7 Å². The average molecular weight is 201 g/mol. The van der Waals surface area contributed by atoms with E-state index in [4.69, 9.17) is 0 Å². The van der Waals surface area contributed by atoms with E-state index in [1.807, 2.05) is 13.2 Å². The van der Waals surface area contributed by atoms with Crippen LogP contribution in [0.3, 0.4) is 0 Å². The quantitative estimate of drug-likeness (QED) is 0.800. The van der Waals surface area contributed by atoms with Gasteiger partial charge in [0.2, 0.25) is 0 Å². The summed E-state index contributed by atoms with van der Waals surface area (Å²) in [5.41, 5.74) is 3.73. The van der Waals surface area contributed by atoms with E-state index in [0.29, 0.717) is 0 Å². The molecule has 0 unspecified atom stereocenters. The van der Waals surface area contributed by atoms with Crippen LogP contribution in [0.1, 0.15) is 16.8 Å². The largest absolute Gasteiger partial charge is 0.359 e. The van der Waals surface area contributed by atoms with Crippen molar-refractivity contribution >= 4 is 5.95 Å². The van der Waals surface area contributed by atoms with Crippen LogP contribution >= 0.6 is 0 Å². The zero-order valence-corrected chi connectivity index (χ0v) is 9.04. The summed E-state index contributed by atoms with van der Waals surface area (Å²) in [6, 6.07) is 8.52. The number of hydrogen-bond acceptors (Lipinski definition) is 2. The van der Waals surface area contributed by atoms with Crippen LogP contribution in [0, 0.1) is 6.92 Å². The van der Waals surface area contributed by atoms with E-state index in [-0.39, 0.29) is 0 Å². The van der Waals surface area contributed by atoms with Crippen molar-refractivity contribution < 1.29 is 0 Å². The lowest BCUT2D eigenvalue weighted by Crippen LogP contribution is -1.91. The van der Waals surface area contributed by atoms with Gasteiger partial charge in [0.1, 0.15) is 0 Å². The third kappa shape index (κ3) is 2.37. The van der Waals surface area contributed by atoms with E-state index < -0.39 is 0 Å². The van der Waals surface area contributed by atoms with E-state index in [9.17, 15) is 0 Å². The van der Waals surface area contributed by atoms with Gasteiger partial charge in [-0.15, -0.1) is 0 Å². The first kappa shape index (κ1) is 9.77. The predicted octanol–water partition coefficient (Wildman–Crippen LogP) is 2.35. The fourth-order valence-electron chi connectivity index (χ4n) is 1.62. The molecule has 2 rings (SSSR count). The zero-order valence-electron chi connectivity index (χ0n) is 9.04. The number of nitrogens with one attached hydrogen (secondary N) is 2. The molecule has 0 radical (unpaired) electrons. The Kier molecular flexibility index (Phi) is 2.72. The molecule has 0 amide bonds. The molecule has 0 atom stereocenters. The predicted molar refractivity (Wildman–Crippen MR) is 62.1 cm³/mol. The fraction of sp³-hybridized carbons (Fsp3) is 0.250. The SMILES string of the molecule is CNc1ncc(Cc2cccc(C)c2)[nH]1. The van der Waals surface area contributed by atoms with Crippen molar-refractivity contribution in [1.29, 1.82) is 0 Å². The minimum atomic E-state index is 0.817. The lowest BCUT2D eigenvalue weighted by Gasteiger charge is -2.00. The number of H-pyrrole nitrogens is 1. The molecule has 0 spiro atoms. The molecule has 2 N–H and O–H groups in total. The Morgan fingerprint density at radius 1 is 1.40 bits per heavy atom. The molecule has 0 saturated carbocycles. The Hall–Kier alpha value is -1.77. The number of aromatic amines is 1. The molecule has 0 fully saturated rings. The second kappa shape index (κ2) is 4.17. The molecule has 0 aliphatic carbocycles. The summed E-state index contributed by atoms with van der Waals surface area (Å²) >= 11 is 0. The molecule has 15 heavy (non-hydrogen) atoms. The van der Waals surface area contributed by atoms with E-state index in [1.165, 1.54) is 11.1 Å². The van der Waals surface area contributed by atoms with Crippen LogP contribution in [-0.2, 0) is 6.42 Å². The van der Waals surface area contributed by atoms with Gasteiger partial charge in [-0.05, 0) is 12.5 Å². The standard InChI is InChI=1S/C12H15N3/c1-9-4-3-5-10(6-9)7-11-8-14-12(13-2)15-11/h3-6,8H,7H2,1-2H3,(H2,13,14,15). The normalized spacial score (nSPS) is 10.3. The summed E-state index contributed by atoms with van der Waals surface area (Å²) in [6.07, 6.45) is 2.77. The van der Waals surface area contributed by atoms with Crippen LogP contribution in [0.2, 0.25) is 0 Å². The van der Waals surface area contributed by atoms with Gasteiger partial charge in [0.05, 0.1) is 6.20 Å². The lowest BCUT2D eigenvalue weighted by atomic mass is 10.1. The first-order chi connectivity index (χ1) is 7.28. The molecule has 0 saturated heterocycles. The van der Waals surface area contributed by atoms with Gasteiger partial charge in [0, 0.05) is 19.2 Å². The number of nitrogens with zero attached hydrogens (tertiary/aromatic N) is 1. The molecular weight excluding hydrogens is 186 g/mol. The molecule has 0 bridgehead atoms. The van der Waals surface area contributed by atoms with Crippen LogP contribution in [0.25, 0.3) is 0 Å². The summed E-state index contributed by atoms with van der Waals surface area (Å²) in [4.78, 5) is 7.40. The molecule has 1 aromatic carbocycles. The summed E-state index contributed by atoms with van der Waals surface area (Å²) < 4.78 is 0. The average Bonchev–Trinajstić information content (AvgIpc) is 2.65. The summed E-state index contributed by atoms with van der Waals surface area (Å²) in [6.45, 7) is 2.11. The van der Waals surface area contributed by atoms with Crippen molar-refractivity contribution in [1.82, 2.24) is 9.97 Å². The van der Waals surface area contributed by atoms with Crippen molar-refractivity contribution in [2.75, 3.05) is 12.4 Å². The molecule has 0 aliphatic heterocycles. The highest BCUT2D eigenvalue weighted by Gasteiger charge is 2.00. The second-order valence-corrected chi connectivity index (χ2v) is 3.67. The highest BCUT2D eigenvalue weighted by Crippen LogP contribution is 2.10. The van der Waals surface area contributed by atoms with Crippen molar-refractivity contribution in [3.8, 4) is 0 Å². The van der Waals surface area contributed by atoms with Crippen LogP contribution in [0.15, 0.2) is 30.5 Å². The van der Waals surface area contributed by atoms with Gasteiger partial charge in [-0.1, -0.05) is 29.8 Å². The minimum Gasteiger partial charge on any atom is -0.359 e. The molecular formula is C12H15N3. The molecule has 0 aliphatic rings. The monoisotopic (exact) mass is 201 g/mol. The van der Waals surface area contributed by atoms with Crippen molar-refractivity contribution in [2.24, 2.45) is 0 Å². The Bertz CT molecular complexity index is 446. The smallest absolute Gasteiger partial charge is 0.200 e. The minimum absolute atomic E-state index is 0.817. The van der Waals surface area contributed by atoms with Gasteiger partial charge in [-0.2, -0.15) is 0 Å². The molecule has 78 valence electrons. The number of rotatable bonds is 3. The second-order valence-electron chi connectivity index (χ2n) is 3.67. The number of anilines is 1. The van der Waals surface area contributed by atoms with Gasteiger partial charge < -0.3 is 10.3 Å². The Labute approximate surface area is 89.6 Å². The summed E-state index contributed by atoms with van der Waals surface area (Å²) in [5.74, 6) is 0.817. The highest BCUT2D eigenvalue weighted by molar-refractivity contribution is 5.30. The van der Waals surface area contributed by atoms with E-state index in [0.717, 1.165) is 18.1 Å². The maximum Gasteiger partial charge on any atom is 0.200 e.